The monoisotopic (exact) mass is 195 g/mol. The molecule has 0 saturated carbocycles. The van der Waals surface area contributed by atoms with Crippen molar-refractivity contribution in [3.63, 3.8) is 0 Å². The van der Waals surface area contributed by atoms with Gasteiger partial charge in [-0.15, -0.1) is 0 Å². The fourth-order valence-electron chi connectivity index (χ4n) is 1.45. The third-order valence-corrected chi connectivity index (χ3v) is 2.60. The van der Waals surface area contributed by atoms with Crippen molar-refractivity contribution in [2.45, 2.75) is 39.2 Å². The van der Waals surface area contributed by atoms with Gasteiger partial charge in [-0.25, -0.2) is 0 Å². The van der Waals surface area contributed by atoms with Crippen LogP contribution in [0.2, 0.25) is 0 Å². The Balaban J connectivity index is 2.22. The fourth-order valence-corrected chi connectivity index (χ4v) is 1.45. The van der Waals surface area contributed by atoms with Gasteiger partial charge in [0.05, 0.1) is 5.69 Å². The Morgan fingerprint density at radius 1 is 1.50 bits per heavy atom. The lowest BCUT2D eigenvalue weighted by Gasteiger charge is -2.14. The lowest BCUT2D eigenvalue weighted by atomic mass is 9.99. The molecule has 0 fully saturated rings. The molecule has 2 N–H and O–H groups in total. The Morgan fingerprint density at radius 3 is 2.71 bits per heavy atom. The molecule has 1 aromatic heterocycles. The van der Waals surface area contributed by atoms with Crippen molar-refractivity contribution < 1.29 is 0 Å². The zero-order valence-electron chi connectivity index (χ0n) is 9.40. The van der Waals surface area contributed by atoms with Gasteiger partial charge in [0.25, 0.3) is 0 Å². The van der Waals surface area contributed by atoms with E-state index in [9.17, 15) is 0 Å². The van der Waals surface area contributed by atoms with Crippen LogP contribution >= 0.6 is 0 Å². The molecule has 1 heterocycles. The largest absolute Gasteiger partial charge is 0.327 e. The van der Waals surface area contributed by atoms with Crippen molar-refractivity contribution in [2.24, 2.45) is 18.7 Å². The van der Waals surface area contributed by atoms with Gasteiger partial charge < -0.3 is 5.73 Å². The predicted molar refractivity (Wildman–Crippen MR) is 59.0 cm³/mol. The van der Waals surface area contributed by atoms with Gasteiger partial charge in [0.2, 0.25) is 0 Å². The van der Waals surface area contributed by atoms with E-state index in [-0.39, 0.29) is 0 Å². The van der Waals surface area contributed by atoms with E-state index in [0.717, 1.165) is 19.3 Å². The van der Waals surface area contributed by atoms with Gasteiger partial charge in [-0.1, -0.05) is 13.8 Å². The molecular weight excluding hydrogens is 174 g/mol. The van der Waals surface area contributed by atoms with Crippen LogP contribution in [0.4, 0.5) is 0 Å². The number of nitrogens with two attached hydrogens (primary N) is 1. The zero-order chi connectivity index (χ0) is 10.6. The molecule has 14 heavy (non-hydrogen) atoms. The molecule has 0 spiro atoms. The maximum absolute atomic E-state index is 5.96. The summed E-state index contributed by atoms with van der Waals surface area (Å²) < 4.78 is 1.84. The molecule has 3 nitrogen and oxygen atoms in total. The molecule has 80 valence electrons. The Hall–Kier alpha value is -0.830. The van der Waals surface area contributed by atoms with Crippen LogP contribution in [-0.2, 0) is 13.5 Å². The van der Waals surface area contributed by atoms with Crippen LogP contribution in [0.5, 0.6) is 0 Å². The Labute approximate surface area is 86.3 Å². The molecule has 0 aromatic carbocycles. The normalized spacial score (nSPS) is 13.5. The lowest BCUT2D eigenvalue weighted by molar-refractivity contribution is 0.451. The highest BCUT2D eigenvalue weighted by Crippen LogP contribution is 2.08. The molecule has 0 saturated heterocycles. The smallest absolute Gasteiger partial charge is 0.0624 e. The summed E-state index contributed by atoms with van der Waals surface area (Å²) in [6.45, 7) is 4.34. The second-order valence-electron chi connectivity index (χ2n) is 4.28. The third-order valence-electron chi connectivity index (χ3n) is 2.60. The van der Waals surface area contributed by atoms with Crippen LogP contribution in [0.15, 0.2) is 12.3 Å². The van der Waals surface area contributed by atoms with Gasteiger partial charge in [0, 0.05) is 19.3 Å². The van der Waals surface area contributed by atoms with Gasteiger partial charge in [0.15, 0.2) is 0 Å². The maximum Gasteiger partial charge on any atom is 0.0624 e. The first-order valence-corrected chi connectivity index (χ1v) is 5.33. The molecule has 0 aliphatic heterocycles. The van der Waals surface area contributed by atoms with Crippen molar-refractivity contribution in [3.8, 4) is 0 Å². The topological polar surface area (TPSA) is 43.8 Å². The highest BCUT2D eigenvalue weighted by molar-refractivity contribution is 4.98. The molecule has 0 aliphatic carbocycles. The second kappa shape index (κ2) is 5.15. The average molecular weight is 195 g/mol. The van der Waals surface area contributed by atoms with Gasteiger partial charge in [0.1, 0.15) is 0 Å². The quantitative estimate of drug-likeness (QED) is 0.777. The molecule has 1 rings (SSSR count). The number of nitrogens with zero attached hydrogens (tertiary/aromatic N) is 2. The molecule has 1 unspecified atom stereocenters. The van der Waals surface area contributed by atoms with Crippen LogP contribution < -0.4 is 5.73 Å². The number of rotatable bonds is 5. The van der Waals surface area contributed by atoms with E-state index in [1.807, 2.05) is 17.9 Å². The molecule has 0 amide bonds. The molecule has 0 aliphatic rings. The number of aromatic nitrogens is 2. The fraction of sp³-hybridized carbons (Fsp3) is 0.727. The van der Waals surface area contributed by atoms with Crippen molar-refractivity contribution in [1.82, 2.24) is 9.78 Å². The highest BCUT2D eigenvalue weighted by Gasteiger charge is 2.07. The van der Waals surface area contributed by atoms with Gasteiger partial charge in [-0.2, -0.15) is 5.10 Å². The summed E-state index contributed by atoms with van der Waals surface area (Å²) in [4.78, 5) is 0. The SMILES string of the molecule is CC(C)C(N)CCCc1ccn(C)n1. The Kier molecular flexibility index (Phi) is 4.14. The van der Waals surface area contributed by atoms with E-state index in [2.05, 4.69) is 25.0 Å². The zero-order valence-corrected chi connectivity index (χ0v) is 9.40. The number of hydrogen-bond donors (Lipinski definition) is 1. The van der Waals surface area contributed by atoms with Gasteiger partial charge in [-0.05, 0) is 31.2 Å². The standard InChI is InChI=1S/C11H21N3/c1-9(2)11(12)6-4-5-10-7-8-14(3)13-10/h7-9,11H,4-6,12H2,1-3H3. The molecule has 0 radical (unpaired) electrons. The first-order valence-electron chi connectivity index (χ1n) is 5.33. The Bertz CT molecular complexity index is 265. The van der Waals surface area contributed by atoms with E-state index < -0.39 is 0 Å². The van der Waals surface area contributed by atoms with E-state index in [4.69, 9.17) is 5.73 Å². The minimum absolute atomic E-state index is 0.332. The summed E-state index contributed by atoms with van der Waals surface area (Å²) in [6.07, 6.45) is 5.25. The summed E-state index contributed by atoms with van der Waals surface area (Å²) in [6, 6.07) is 2.40. The van der Waals surface area contributed by atoms with Crippen molar-refractivity contribution in [3.05, 3.63) is 18.0 Å². The van der Waals surface area contributed by atoms with Crippen LogP contribution in [-0.4, -0.2) is 15.8 Å². The van der Waals surface area contributed by atoms with Crippen LogP contribution in [0.3, 0.4) is 0 Å². The lowest BCUT2D eigenvalue weighted by Crippen LogP contribution is -2.26. The summed E-state index contributed by atoms with van der Waals surface area (Å²) in [5.74, 6) is 0.582. The van der Waals surface area contributed by atoms with Gasteiger partial charge >= 0.3 is 0 Å². The van der Waals surface area contributed by atoms with Crippen molar-refractivity contribution in [2.75, 3.05) is 0 Å². The number of hydrogen-bond acceptors (Lipinski definition) is 2. The van der Waals surface area contributed by atoms with E-state index in [1.54, 1.807) is 0 Å². The first-order chi connectivity index (χ1) is 6.59. The van der Waals surface area contributed by atoms with E-state index >= 15 is 0 Å². The molecule has 3 heteroatoms. The van der Waals surface area contributed by atoms with Crippen molar-refractivity contribution >= 4 is 0 Å². The summed E-state index contributed by atoms with van der Waals surface area (Å²) in [7, 11) is 1.95. The molecule has 1 atom stereocenters. The van der Waals surface area contributed by atoms with E-state index in [1.165, 1.54) is 5.69 Å². The van der Waals surface area contributed by atoms with E-state index in [0.29, 0.717) is 12.0 Å². The Morgan fingerprint density at radius 2 is 2.21 bits per heavy atom. The predicted octanol–water partition coefficient (Wildman–Crippen LogP) is 1.73. The molecule has 0 bridgehead atoms. The summed E-state index contributed by atoms with van der Waals surface area (Å²) in [5, 5.41) is 4.33. The first kappa shape index (κ1) is 11.2. The van der Waals surface area contributed by atoms with Crippen LogP contribution in [0.1, 0.15) is 32.4 Å². The van der Waals surface area contributed by atoms with Crippen LogP contribution in [0, 0.1) is 5.92 Å². The minimum Gasteiger partial charge on any atom is -0.327 e. The second-order valence-corrected chi connectivity index (χ2v) is 4.28. The maximum atomic E-state index is 5.96. The summed E-state index contributed by atoms with van der Waals surface area (Å²) in [5.41, 5.74) is 7.13. The number of aryl methyl sites for hydroxylation is 2. The van der Waals surface area contributed by atoms with Gasteiger partial charge in [-0.3, -0.25) is 4.68 Å². The van der Waals surface area contributed by atoms with Crippen molar-refractivity contribution in [1.29, 1.82) is 0 Å². The minimum atomic E-state index is 0.332. The summed E-state index contributed by atoms with van der Waals surface area (Å²) >= 11 is 0. The molecular formula is C11H21N3. The highest BCUT2D eigenvalue weighted by atomic mass is 15.2. The van der Waals surface area contributed by atoms with Crippen LogP contribution in [0.25, 0.3) is 0 Å². The molecule has 1 aromatic rings. The third kappa shape index (κ3) is 3.50. The average Bonchev–Trinajstić information content (AvgIpc) is 2.51.